The van der Waals surface area contributed by atoms with Gasteiger partial charge in [0.25, 0.3) is 0 Å². The zero-order valence-corrected chi connectivity index (χ0v) is 44.7. The van der Waals surface area contributed by atoms with E-state index in [1.54, 1.807) is 0 Å². The molecule has 2 rings (SSSR count). The molecule has 418 valence electrons. The lowest BCUT2D eigenvalue weighted by atomic mass is 9.97. The first kappa shape index (κ1) is 65.6. The summed E-state index contributed by atoms with van der Waals surface area (Å²) >= 11 is 0. The molecule has 2 heterocycles. The quantitative estimate of drug-likeness (QED) is 0.0205. The summed E-state index contributed by atoms with van der Waals surface area (Å²) in [5.41, 5.74) is 0. The number of rotatable bonds is 46. The zero-order valence-electron chi connectivity index (χ0n) is 44.7. The van der Waals surface area contributed by atoms with Crippen LogP contribution in [0.15, 0.2) is 24.3 Å². The van der Waals surface area contributed by atoms with Crippen LogP contribution in [-0.2, 0) is 23.7 Å². The smallest absolute Gasteiger partial charge is 0.220 e. The molecule has 0 aliphatic carbocycles. The maximum absolute atomic E-state index is 13.2. The van der Waals surface area contributed by atoms with E-state index >= 15 is 0 Å². The van der Waals surface area contributed by atoms with Gasteiger partial charge < -0.3 is 65.1 Å². The highest BCUT2D eigenvalue weighted by molar-refractivity contribution is 5.76. The number of ether oxygens (including phenoxy) is 4. The minimum Gasteiger partial charge on any atom is -0.394 e. The highest BCUT2D eigenvalue weighted by atomic mass is 16.7. The maximum atomic E-state index is 13.2. The summed E-state index contributed by atoms with van der Waals surface area (Å²) in [4.78, 5) is 13.2. The van der Waals surface area contributed by atoms with Crippen molar-refractivity contribution < 1.29 is 64.6 Å². The normalized spacial score (nSPS) is 25.9. The summed E-state index contributed by atoms with van der Waals surface area (Å²) in [5.74, 6) is -0.219. The number of amides is 1. The van der Waals surface area contributed by atoms with Gasteiger partial charge in [0.1, 0.15) is 48.8 Å². The number of hydrogen-bond donors (Lipinski definition) is 9. The van der Waals surface area contributed by atoms with Gasteiger partial charge >= 0.3 is 0 Å². The number of nitrogens with one attached hydrogen (secondary N) is 1. The second-order valence-corrected chi connectivity index (χ2v) is 20.8. The second-order valence-electron chi connectivity index (χ2n) is 20.8. The van der Waals surface area contributed by atoms with E-state index < -0.39 is 86.8 Å². The van der Waals surface area contributed by atoms with Crippen molar-refractivity contribution in [2.75, 3.05) is 19.8 Å². The van der Waals surface area contributed by atoms with Crippen LogP contribution >= 0.6 is 0 Å². The topological polar surface area (TPSA) is 228 Å². The number of carbonyl (C=O) groups is 1. The number of aliphatic hydroxyl groups is 8. The fraction of sp³-hybridized carbons (Fsp3) is 0.912. The molecule has 14 nitrogen and oxygen atoms in total. The molecule has 0 bridgehead atoms. The standard InChI is InChI=1S/C57H107NO13/c1-3-5-7-9-11-13-15-17-19-20-21-22-23-24-25-27-28-30-32-34-36-38-40-46(61)45(58-49(62)41-39-37-35-33-31-29-26-18-16-14-12-10-8-6-4-2)44-68-56-54(67)52(65)55(48(43-60)70-56)71-57-53(66)51(64)50(63)47(42-59)69-57/h12,14,18,26,45-48,50-57,59-61,63-67H,3-11,13,15-17,19-25,27-44H2,1-2H3,(H,58,62)/b14-12-,26-18-. The first-order valence-corrected chi connectivity index (χ1v) is 29.1. The van der Waals surface area contributed by atoms with Crippen LogP contribution in [0.5, 0.6) is 0 Å². The van der Waals surface area contributed by atoms with Crippen molar-refractivity contribution >= 4 is 5.91 Å². The van der Waals surface area contributed by atoms with Gasteiger partial charge in [-0.05, 0) is 44.9 Å². The van der Waals surface area contributed by atoms with Gasteiger partial charge in [-0.1, -0.05) is 212 Å². The van der Waals surface area contributed by atoms with Crippen LogP contribution in [0, 0.1) is 0 Å². The Balaban J connectivity index is 1.76. The van der Waals surface area contributed by atoms with Crippen molar-refractivity contribution in [1.82, 2.24) is 5.32 Å². The number of carbonyl (C=O) groups excluding carboxylic acids is 1. The molecular formula is C57H107NO13. The Morgan fingerprint density at radius 1 is 0.507 bits per heavy atom. The Morgan fingerprint density at radius 3 is 1.44 bits per heavy atom. The van der Waals surface area contributed by atoms with Crippen molar-refractivity contribution in [2.45, 2.75) is 312 Å². The SMILES string of the molecule is CCCCC/C=C\C/C=C\CCCCCCCC(=O)NC(COC1OC(CO)C(OC2OC(CO)C(O)C(O)C2O)C(O)C1O)C(O)CCCCCCCCCCCCCCCCCCCCCCCC. The average Bonchev–Trinajstić information content (AvgIpc) is 3.37. The molecule has 0 radical (unpaired) electrons. The Kier molecular flexibility index (Phi) is 40.4. The molecule has 0 aromatic heterocycles. The number of aliphatic hydroxyl groups excluding tert-OH is 8. The van der Waals surface area contributed by atoms with E-state index in [1.165, 1.54) is 135 Å². The van der Waals surface area contributed by atoms with Gasteiger partial charge in [0, 0.05) is 6.42 Å². The Hall–Kier alpha value is -1.53. The molecule has 12 atom stereocenters. The van der Waals surface area contributed by atoms with Gasteiger partial charge in [0.05, 0.1) is 32.0 Å². The molecule has 2 aliphatic rings. The highest BCUT2D eigenvalue weighted by Crippen LogP contribution is 2.30. The minimum absolute atomic E-state index is 0.219. The molecule has 0 spiro atoms. The lowest BCUT2D eigenvalue weighted by Crippen LogP contribution is -2.65. The first-order chi connectivity index (χ1) is 34.6. The van der Waals surface area contributed by atoms with Crippen LogP contribution in [0.4, 0.5) is 0 Å². The predicted octanol–water partition coefficient (Wildman–Crippen LogP) is 9.28. The largest absolute Gasteiger partial charge is 0.394 e. The summed E-state index contributed by atoms with van der Waals surface area (Å²) in [6, 6.07) is -0.834. The molecular weight excluding hydrogens is 907 g/mol. The number of allylic oxidation sites excluding steroid dienone is 4. The molecule has 9 N–H and O–H groups in total. The summed E-state index contributed by atoms with van der Waals surface area (Å²) in [6.07, 6.45) is 33.2. The van der Waals surface area contributed by atoms with Gasteiger partial charge in [0.15, 0.2) is 12.6 Å². The third-order valence-corrected chi connectivity index (χ3v) is 14.4. The van der Waals surface area contributed by atoms with E-state index in [1.807, 2.05) is 0 Å². The van der Waals surface area contributed by atoms with E-state index in [0.717, 1.165) is 70.6 Å². The lowest BCUT2D eigenvalue weighted by molar-refractivity contribution is -0.359. The fourth-order valence-electron chi connectivity index (χ4n) is 9.68. The molecule has 2 saturated heterocycles. The van der Waals surface area contributed by atoms with Crippen LogP contribution < -0.4 is 5.32 Å². The molecule has 0 aromatic rings. The lowest BCUT2D eigenvalue weighted by Gasteiger charge is -2.46. The van der Waals surface area contributed by atoms with Crippen molar-refractivity contribution in [3.63, 3.8) is 0 Å². The first-order valence-electron chi connectivity index (χ1n) is 29.1. The van der Waals surface area contributed by atoms with Gasteiger partial charge in [-0.15, -0.1) is 0 Å². The van der Waals surface area contributed by atoms with Gasteiger partial charge in [0.2, 0.25) is 5.91 Å². The predicted molar refractivity (Wildman–Crippen MR) is 282 cm³/mol. The molecule has 2 aliphatic heterocycles. The Morgan fingerprint density at radius 2 is 0.930 bits per heavy atom. The van der Waals surface area contributed by atoms with Crippen LogP contribution in [0.25, 0.3) is 0 Å². The summed E-state index contributed by atoms with van der Waals surface area (Å²) in [5, 5.41) is 87.2. The van der Waals surface area contributed by atoms with Crippen LogP contribution in [-0.4, -0.2) is 140 Å². The van der Waals surface area contributed by atoms with Gasteiger partial charge in [-0.2, -0.15) is 0 Å². The number of hydrogen-bond acceptors (Lipinski definition) is 13. The Labute approximate surface area is 430 Å². The third-order valence-electron chi connectivity index (χ3n) is 14.4. The Bertz CT molecular complexity index is 1290. The van der Waals surface area contributed by atoms with E-state index in [2.05, 4.69) is 43.5 Å². The van der Waals surface area contributed by atoms with Crippen molar-refractivity contribution in [2.24, 2.45) is 0 Å². The van der Waals surface area contributed by atoms with Gasteiger partial charge in [-0.25, -0.2) is 0 Å². The van der Waals surface area contributed by atoms with E-state index in [0.29, 0.717) is 12.8 Å². The van der Waals surface area contributed by atoms with E-state index in [-0.39, 0.29) is 18.9 Å². The molecule has 14 heteroatoms. The molecule has 0 aromatic carbocycles. The summed E-state index contributed by atoms with van der Waals surface area (Å²) in [7, 11) is 0. The molecule has 0 saturated carbocycles. The van der Waals surface area contributed by atoms with Crippen molar-refractivity contribution in [1.29, 1.82) is 0 Å². The van der Waals surface area contributed by atoms with Crippen LogP contribution in [0.1, 0.15) is 239 Å². The fourth-order valence-corrected chi connectivity index (χ4v) is 9.68. The second kappa shape index (κ2) is 43.7. The zero-order chi connectivity index (χ0) is 51.7. The third kappa shape index (κ3) is 30.0. The highest BCUT2D eigenvalue weighted by Gasteiger charge is 2.51. The van der Waals surface area contributed by atoms with Crippen molar-refractivity contribution in [3.8, 4) is 0 Å². The van der Waals surface area contributed by atoms with Crippen LogP contribution in [0.2, 0.25) is 0 Å². The number of unbranched alkanes of at least 4 members (excludes halogenated alkanes) is 29. The van der Waals surface area contributed by atoms with E-state index in [9.17, 15) is 45.6 Å². The monoisotopic (exact) mass is 1010 g/mol. The molecule has 1 amide bonds. The summed E-state index contributed by atoms with van der Waals surface area (Å²) < 4.78 is 22.8. The molecule has 71 heavy (non-hydrogen) atoms. The minimum atomic E-state index is -1.78. The average molecular weight is 1010 g/mol. The molecule has 12 unspecified atom stereocenters. The van der Waals surface area contributed by atoms with Gasteiger partial charge in [-0.3, -0.25) is 4.79 Å². The summed E-state index contributed by atoms with van der Waals surface area (Å²) in [6.45, 7) is 2.84. The van der Waals surface area contributed by atoms with E-state index in [4.69, 9.17) is 18.9 Å². The molecule has 2 fully saturated rings. The van der Waals surface area contributed by atoms with Crippen molar-refractivity contribution in [3.05, 3.63) is 24.3 Å². The maximum Gasteiger partial charge on any atom is 0.220 e. The van der Waals surface area contributed by atoms with Crippen LogP contribution in [0.3, 0.4) is 0 Å².